The molecule has 4 rings (SSSR count). The Kier molecular flexibility index (Phi) is 5.22. The molecule has 0 fully saturated rings. The van der Waals surface area contributed by atoms with Crippen molar-refractivity contribution < 1.29 is 14.3 Å². The number of anilines is 1. The van der Waals surface area contributed by atoms with Gasteiger partial charge < -0.3 is 20.5 Å². The molecule has 8 nitrogen and oxygen atoms in total. The number of aromatic nitrogens is 3. The predicted octanol–water partition coefficient (Wildman–Crippen LogP) is 2.86. The second kappa shape index (κ2) is 7.98. The molecule has 0 aliphatic carbocycles. The van der Waals surface area contributed by atoms with Crippen LogP contribution in [0.1, 0.15) is 40.3 Å². The number of carbonyl (C=O) groups excluding carboxylic acids is 1. The highest BCUT2D eigenvalue weighted by Crippen LogP contribution is 2.35. The molecule has 1 amide bonds. The number of nitrogens with zero attached hydrogens (tertiary/aromatic N) is 3. The van der Waals surface area contributed by atoms with Crippen LogP contribution in [-0.2, 0) is 6.42 Å². The topological polar surface area (TPSA) is 112 Å². The lowest BCUT2D eigenvalue weighted by atomic mass is 9.90. The SMILES string of the molecule is CCOc1ccc(C2Cc3nc(N)nc(C)c3C(=O)N2)c(-c2cccc(OC)n2)c1. The van der Waals surface area contributed by atoms with Gasteiger partial charge in [-0.15, -0.1) is 0 Å². The number of nitrogens with one attached hydrogen (secondary N) is 1. The normalized spacial score (nSPS) is 15.3. The molecule has 8 heteroatoms. The number of ether oxygens (including phenoxy) is 2. The number of benzene rings is 1. The van der Waals surface area contributed by atoms with Crippen LogP contribution in [0.2, 0.25) is 0 Å². The van der Waals surface area contributed by atoms with E-state index in [4.69, 9.17) is 15.2 Å². The van der Waals surface area contributed by atoms with Gasteiger partial charge in [-0.3, -0.25) is 4.79 Å². The smallest absolute Gasteiger partial charge is 0.255 e. The fourth-order valence-corrected chi connectivity index (χ4v) is 3.76. The number of methoxy groups -OCH3 is 1. The molecule has 1 aliphatic rings. The van der Waals surface area contributed by atoms with Crippen LogP contribution >= 0.6 is 0 Å². The summed E-state index contributed by atoms with van der Waals surface area (Å²) in [6.07, 6.45) is 0.500. The Bertz CT molecular complexity index is 1120. The number of carbonyl (C=O) groups is 1. The minimum atomic E-state index is -0.294. The lowest BCUT2D eigenvalue weighted by Crippen LogP contribution is -2.37. The average Bonchev–Trinajstić information content (AvgIpc) is 2.73. The largest absolute Gasteiger partial charge is 0.494 e. The summed E-state index contributed by atoms with van der Waals surface area (Å²) in [4.78, 5) is 25.8. The Hall–Kier alpha value is -3.68. The van der Waals surface area contributed by atoms with E-state index in [0.29, 0.717) is 35.9 Å². The number of fused-ring (bicyclic) bond motifs is 1. The zero-order valence-electron chi connectivity index (χ0n) is 17.1. The van der Waals surface area contributed by atoms with Crippen molar-refractivity contribution in [1.29, 1.82) is 0 Å². The summed E-state index contributed by atoms with van der Waals surface area (Å²) in [7, 11) is 1.58. The van der Waals surface area contributed by atoms with Crippen molar-refractivity contribution in [1.82, 2.24) is 20.3 Å². The number of hydrogen-bond acceptors (Lipinski definition) is 7. The number of rotatable bonds is 5. The second-order valence-corrected chi connectivity index (χ2v) is 6.97. The molecule has 0 bridgehead atoms. The van der Waals surface area contributed by atoms with E-state index < -0.39 is 0 Å². The second-order valence-electron chi connectivity index (χ2n) is 6.97. The van der Waals surface area contributed by atoms with Gasteiger partial charge in [-0.1, -0.05) is 12.1 Å². The van der Waals surface area contributed by atoms with Crippen LogP contribution in [0.15, 0.2) is 36.4 Å². The number of nitrogens with two attached hydrogens (primary N) is 1. The molecule has 1 aromatic carbocycles. The summed E-state index contributed by atoms with van der Waals surface area (Å²) >= 11 is 0. The van der Waals surface area contributed by atoms with Crippen LogP contribution < -0.4 is 20.5 Å². The predicted molar refractivity (Wildman–Crippen MR) is 112 cm³/mol. The lowest BCUT2D eigenvalue weighted by Gasteiger charge is -2.28. The summed E-state index contributed by atoms with van der Waals surface area (Å²) < 4.78 is 11.0. The first kappa shape index (κ1) is 19.6. The van der Waals surface area contributed by atoms with Gasteiger partial charge in [0.2, 0.25) is 11.8 Å². The Labute approximate surface area is 174 Å². The van der Waals surface area contributed by atoms with E-state index in [1.807, 2.05) is 37.3 Å². The minimum Gasteiger partial charge on any atom is -0.494 e. The fourth-order valence-electron chi connectivity index (χ4n) is 3.76. The Morgan fingerprint density at radius 2 is 2.03 bits per heavy atom. The zero-order valence-corrected chi connectivity index (χ0v) is 17.1. The monoisotopic (exact) mass is 405 g/mol. The maximum atomic E-state index is 12.8. The lowest BCUT2D eigenvalue weighted by molar-refractivity contribution is 0.0922. The Morgan fingerprint density at radius 3 is 2.80 bits per heavy atom. The minimum absolute atomic E-state index is 0.168. The van der Waals surface area contributed by atoms with Crippen molar-refractivity contribution in [3.8, 4) is 22.9 Å². The third kappa shape index (κ3) is 3.63. The molecule has 0 saturated heterocycles. The average molecular weight is 405 g/mol. The Morgan fingerprint density at radius 1 is 1.20 bits per heavy atom. The highest BCUT2D eigenvalue weighted by molar-refractivity contribution is 5.98. The van der Waals surface area contributed by atoms with Gasteiger partial charge in [0, 0.05) is 18.1 Å². The van der Waals surface area contributed by atoms with Gasteiger partial charge in [0.05, 0.1) is 42.4 Å². The zero-order chi connectivity index (χ0) is 21.3. The van der Waals surface area contributed by atoms with E-state index in [0.717, 1.165) is 22.6 Å². The molecule has 30 heavy (non-hydrogen) atoms. The van der Waals surface area contributed by atoms with E-state index in [-0.39, 0.29) is 17.9 Å². The molecule has 0 spiro atoms. The quantitative estimate of drug-likeness (QED) is 0.671. The van der Waals surface area contributed by atoms with Crippen LogP contribution in [0.3, 0.4) is 0 Å². The van der Waals surface area contributed by atoms with Gasteiger partial charge >= 0.3 is 0 Å². The fraction of sp³-hybridized carbons (Fsp3) is 0.273. The molecule has 1 atom stereocenters. The van der Waals surface area contributed by atoms with Crippen molar-refractivity contribution in [3.05, 3.63) is 58.9 Å². The first-order valence-corrected chi connectivity index (χ1v) is 9.72. The molecule has 3 heterocycles. The van der Waals surface area contributed by atoms with Gasteiger partial charge in [0.1, 0.15) is 5.75 Å². The number of amides is 1. The number of nitrogen functional groups attached to an aromatic ring is 1. The summed E-state index contributed by atoms with van der Waals surface area (Å²) in [6.45, 7) is 4.24. The van der Waals surface area contributed by atoms with E-state index >= 15 is 0 Å². The van der Waals surface area contributed by atoms with Crippen LogP contribution in [0.4, 0.5) is 5.95 Å². The first-order valence-electron chi connectivity index (χ1n) is 9.72. The van der Waals surface area contributed by atoms with Gasteiger partial charge in [-0.2, -0.15) is 0 Å². The maximum Gasteiger partial charge on any atom is 0.255 e. The number of hydrogen-bond donors (Lipinski definition) is 2. The summed E-state index contributed by atoms with van der Waals surface area (Å²) in [6, 6.07) is 11.1. The number of pyridine rings is 1. The maximum absolute atomic E-state index is 12.8. The van der Waals surface area contributed by atoms with Gasteiger partial charge in [0.15, 0.2) is 0 Å². The van der Waals surface area contributed by atoms with Crippen molar-refractivity contribution in [2.75, 3.05) is 19.5 Å². The highest BCUT2D eigenvalue weighted by atomic mass is 16.5. The van der Waals surface area contributed by atoms with Crippen molar-refractivity contribution in [2.45, 2.75) is 26.3 Å². The van der Waals surface area contributed by atoms with Crippen molar-refractivity contribution in [3.63, 3.8) is 0 Å². The summed E-state index contributed by atoms with van der Waals surface area (Å²) in [5, 5.41) is 3.08. The van der Waals surface area contributed by atoms with E-state index in [1.54, 1.807) is 20.1 Å². The summed E-state index contributed by atoms with van der Waals surface area (Å²) in [5.74, 6) is 1.19. The van der Waals surface area contributed by atoms with Crippen LogP contribution in [0, 0.1) is 6.92 Å². The van der Waals surface area contributed by atoms with Gasteiger partial charge in [0.25, 0.3) is 5.91 Å². The molecule has 1 aliphatic heterocycles. The van der Waals surface area contributed by atoms with E-state index in [1.165, 1.54) is 0 Å². The van der Waals surface area contributed by atoms with Crippen LogP contribution in [0.5, 0.6) is 11.6 Å². The van der Waals surface area contributed by atoms with Gasteiger partial charge in [-0.25, -0.2) is 15.0 Å². The molecule has 154 valence electrons. The van der Waals surface area contributed by atoms with E-state index in [9.17, 15) is 4.79 Å². The molecule has 3 N–H and O–H groups in total. The molecule has 2 aromatic heterocycles. The van der Waals surface area contributed by atoms with Crippen LogP contribution in [0.25, 0.3) is 11.3 Å². The Balaban J connectivity index is 1.81. The van der Waals surface area contributed by atoms with Gasteiger partial charge in [-0.05, 0) is 37.6 Å². The molecule has 3 aromatic rings. The molecule has 0 saturated carbocycles. The first-order chi connectivity index (χ1) is 14.5. The molecule has 1 unspecified atom stereocenters. The highest BCUT2D eigenvalue weighted by Gasteiger charge is 2.30. The van der Waals surface area contributed by atoms with Crippen molar-refractivity contribution >= 4 is 11.9 Å². The summed E-state index contributed by atoms with van der Waals surface area (Å²) in [5.41, 5.74) is 10.0. The standard InChI is InChI=1S/C22H23N5O3/c1-4-30-13-8-9-14(15(10-13)16-6-5-7-19(25-16)29-3)17-11-18-20(21(28)26-17)12(2)24-22(23)27-18/h5-10,17H,4,11H2,1-3H3,(H,26,28)(H2,23,24,27). The molecular formula is C22H23N5O3. The van der Waals surface area contributed by atoms with E-state index in [2.05, 4.69) is 20.3 Å². The number of aryl methyl sites for hydroxylation is 1. The van der Waals surface area contributed by atoms with Crippen LogP contribution in [-0.4, -0.2) is 34.6 Å². The molecule has 0 radical (unpaired) electrons. The van der Waals surface area contributed by atoms with Crippen molar-refractivity contribution in [2.24, 2.45) is 0 Å². The third-order valence-corrected chi connectivity index (χ3v) is 5.03. The molecular weight excluding hydrogens is 382 g/mol. The third-order valence-electron chi connectivity index (χ3n) is 5.03.